The molecule has 2 aliphatic rings. The maximum absolute atomic E-state index is 12.2. The third-order valence-corrected chi connectivity index (χ3v) is 6.23. The van der Waals surface area contributed by atoms with Gasteiger partial charge in [0, 0.05) is 6.04 Å². The normalized spacial score (nSPS) is 27.6. The molecular weight excluding hydrogens is 304 g/mol. The number of nitrogens with one attached hydrogen (secondary N) is 2. The van der Waals surface area contributed by atoms with E-state index in [1.54, 1.807) is 24.3 Å². The summed E-state index contributed by atoms with van der Waals surface area (Å²) in [5.74, 6) is 1.36. The molecule has 0 aromatic heterocycles. The van der Waals surface area contributed by atoms with Crippen LogP contribution in [0.2, 0.25) is 0 Å². The minimum atomic E-state index is -3.58. The second-order valence-corrected chi connectivity index (χ2v) is 8.12. The third kappa shape index (κ3) is 3.21. The van der Waals surface area contributed by atoms with Crippen molar-refractivity contribution in [1.82, 2.24) is 10.0 Å². The molecule has 0 saturated heterocycles. The van der Waals surface area contributed by atoms with Gasteiger partial charge in [0.15, 0.2) is 5.11 Å². The van der Waals surface area contributed by atoms with E-state index in [4.69, 9.17) is 12.2 Å². The minimum absolute atomic E-state index is 0.218. The molecule has 0 unspecified atom stereocenters. The van der Waals surface area contributed by atoms with Crippen LogP contribution in [0.5, 0.6) is 0 Å². The molecule has 0 spiro atoms. The highest BCUT2D eigenvalue weighted by Gasteiger charge is 2.51. The Hall–Kier alpha value is -1.14. The molecule has 1 aromatic carbocycles. The summed E-state index contributed by atoms with van der Waals surface area (Å²) in [4.78, 5) is 0.241. The number of thiocarbonyl (C=S) groups is 1. The second-order valence-electron chi connectivity index (χ2n) is 6.03. The van der Waals surface area contributed by atoms with Gasteiger partial charge in [-0.25, -0.2) is 8.42 Å². The molecule has 2 fully saturated rings. The average Bonchev–Trinajstić information content (AvgIpc) is 3.12. The summed E-state index contributed by atoms with van der Waals surface area (Å²) in [5, 5.41) is 3.39. The summed E-state index contributed by atoms with van der Waals surface area (Å²) in [6.45, 7) is 1.92. The Morgan fingerprint density at radius 1 is 1.14 bits per heavy atom. The number of aryl methyl sites for hydroxylation is 1. The first-order chi connectivity index (χ1) is 9.97. The van der Waals surface area contributed by atoms with E-state index in [-0.39, 0.29) is 10.0 Å². The molecule has 2 N–H and O–H groups in total. The monoisotopic (exact) mass is 324 g/mol. The summed E-state index contributed by atoms with van der Waals surface area (Å²) in [7, 11) is -3.58. The van der Waals surface area contributed by atoms with E-state index < -0.39 is 10.0 Å². The molecular formula is C15H20N2O2S2. The van der Waals surface area contributed by atoms with Crippen molar-refractivity contribution in [1.29, 1.82) is 0 Å². The Labute approximate surface area is 131 Å². The lowest BCUT2D eigenvalue weighted by atomic mass is 10.0. The standard InChI is InChI=1S/C15H20N2O2S2/c1-10-6-8-11(9-7-10)21(18,19)17-15(20)16-14-12-4-2-3-5-13(12)14/h6-9,12-14H,2-5H2,1H3,(H2,16,17,20)/t12-,13-/m1/s1. The van der Waals surface area contributed by atoms with Gasteiger partial charge in [0.2, 0.25) is 0 Å². The van der Waals surface area contributed by atoms with E-state index in [0.717, 1.165) is 5.56 Å². The fourth-order valence-electron chi connectivity index (χ4n) is 3.29. The number of hydrogen-bond acceptors (Lipinski definition) is 3. The Bertz CT molecular complexity index is 628. The van der Waals surface area contributed by atoms with Crippen LogP contribution in [0.1, 0.15) is 31.2 Å². The molecule has 0 bridgehead atoms. The molecule has 1 aromatic rings. The zero-order valence-corrected chi connectivity index (χ0v) is 13.6. The first-order valence-corrected chi connectivity index (χ1v) is 9.26. The molecule has 0 heterocycles. The number of rotatable bonds is 3. The highest BCUT2D eigenvalue weighted by molar-refractivity contribution is 7.91. The van der Waals surface area contributed by atoms with Crippen LogP contribution in [0.4, 0.5) is 0 Å². The van der Waals surface area contributed by atoms with Gasteiger partial charge in [0.05, 0.1) is 4.90 Å². The Kier molecular flexibility index (Phi) is 3.92. The highest BCUT2D eigenvalue weighted by Crippen LogP contribution is 2.49. The minimum Gasteiger partial charge on any atom is -0.359 e. The molecule has 0 amide bonds. The Morgan fingerprint density at radius 3 is 2.29 bits per heavy atom. The van der Waals surface area contributed by atoms with Crippen molar-refractivity contribution >= 4 is 27.4 Å². The van der Waals surface area contributed by atoms with Gasteiger partial charge in [-0.05, 0) is 56.0 Å². The van der Waals surface area contributed by atoms with E-state index in [0.29, 0.717) is 17.9 Å². The molecule has 0 radical (unpaired) electrons. The molecule has 2 atom stereocenters. The quantitative estimate of drug-likeness (QED) is 0.838. The van der Waals surface area contributed by atoms with Gasteiger partial charge in [0.1, 0.15) is 0 Å². The molecule has 114 valence electrons. The molecule has 4 nitrogen and oxygen atoms in total. The zero-order valence-electron chi connectivity index (χ0n) is 12.0. The highest BCUT2D eigenvalue weighted by atomic mass is 32.2. The van der Waals surface area contributed by atoms with Crippen molar-refractivity contribution in [3.8, 4) is 0 Å². The molecule has 2 aliphatic carbocycles. The van der Waals surface area contributed by atoms with Crippen molar-refractivity contribution in [3.63, 3.8) is 0 Å². The summed E-state index contributed by atoms with van der Waals surface area (Å²) in [6.07, 6.45) is 5.02. The second kappa shape index (κ2) is 5.57. The van der Waals surface area contributed by atoms with Gasteiger partial charge < -0.3 is 5.32 Å². The maximum atomic E-state index is 12.2. The first kappa shape index (κ1) is 14.8. The lowest BCUT2D eigenvalue weighted by molar-refractivity contribution is 0.480. The predicted molar refractivity (Wildman–Crippen MR) is 86.5 cm³/mol. The van der Waals surface area contributed by atoms with E-state index in [1.807, 2.05) is 6.92 Å². The first-order valence-electron chi connectivity index (χ1n) is 7.37. The number of fused-ring (bicyclic) bond motifs is 1. The van der Waals surface area contributed by atoms with E-state index >= 15 is 0 Å². The van der Waals surface area contributed by atoms with Crippen molar-refractivity contribution in [2.75, 3.05) is 0 Å². The van der Waals surface area contributed by atoms with E-state index in [1.165, 1.54) is 25.7 Å². The van der Waals surface area contributed by atoms with Gasteiger partial charge in [-0.15, -0.1) is 0 Å². The van der Waals surface area contributed by atoms with E-state index in [2.05, 4.69) is 10.0 Å². The molecule has 21 heavy (non-hydrogen) atoms. The van der Waals surface area contributed by atoms with Gasteiger partial charge in [-0.3, -0.25) is 4.72 Å². The fraction of sp³-hybridized carbons (Fsp3) is 0.533. The van der Waals surface area contributed by atoms with Crippen molar-refractivity contribution in [3.05, 3.63) is 29.8 Å². The van der Waals surface area contributed by atoms with E-state index in [9.17, 15) is 8.42 Å². The van der Waals surface area contributed by atoms with Crippen LogP contribution in [-0.4, -0.2) is 19.6 Å². The van der Waals surface area contributed by atoms with Gasteiger partial charge in [-0.2, -0.15) is 0 Å². The fourth-order valence-corrected chi connectivity index (χ4v) is 4.67. The third-order valence-electron chi connectivity index (χ3n) is 4.51. The van der Waals surface area contributed by atoms with Gasteiger partial charge in [-0.1, -0.05) is 30.5 Å². The smallest absolute Gasteiger partial charge is 0.263 e. The maximum Gasteiger partial charge on any atom is 0.263 e. The summed E-state index contributed by atoms with van der Waals surface area (Å²) >= 11 is 5.16. The van der Waals surface area contributed by atoms with Crippen LogP contribution in [0.3, 0.4) is 0 Å². The molecule has 3 rings (SSSR count). The number of benzene rings is 1. The molecule has 2 saturated carbocycles. The molecule has 6 heteroatoms. The summed E-state index contributed by atoms with van der Waals surface area (Å²) < 4.78 is 26.9. The van der Waals surface area contributed by atoms with Crippen LogP contribution in [0, 0.1) is 18.8 Å². The summed E-state index contributed by atoms with van der Waals surface area (Å²) in [6, 6.07) is 7.11. The summed E-state index contributed by atoms with van der Waals surface area (Å²) in [5.41, 5.74) is 1.02. The van der Waals surface area contributed by atoms with Gasteiger partial charge >= 0.3 is 0 Å². The van der Waals surface area contributed by atoms with Crippen LogP contribution < -0.4 is 10.0 Å². The van der Waals surface area contributed by atoms with Crippen LogP contribution >= 0.6 is 12.2 Å². The van der Waals surface area contributed by atoms with Crippen molar-refractivity contribution in [2.24, 2.45) is 11.8 Å². The van der Waals surface area contributed by atoms with Crippen LogP contribution in [0.25, 0.3) is 0 Å². The average molecular weight is 324 g/mol. The lowest BCUT2D eigenvalue weighted by Gasteiger charge is -2.11. The Balaban J connectivity index is 1.60. The largest absolute Gasteiger partial charge is 0.359 e. The Morgan fingerprint density at radius 2 is 1.71 bits per heavy atom. The van der Waals surface area contributed by atoms with Crippen LogP contribution in [-0.2, 0) is 10.0 Å². The van der Waals surface area contributed by atoms with Gasteiger partial charge in [0.25, 0.3) is 10.0 Å². The van der Waals surface area contributed by atoms with Crippen molar-refractivity contribution < 1.29 is 8.42 Å². The van der Waals surface area contributed by atoms with Crippen molar-refractivity contribution in [2.45, 2.75) is 43.5 Å². The zero-order chi connectivity index (χ0) is 15.0. The predicted octanol–water partition coefficient (Wildman–Crippen LogP) is 2.34. The lowest BCUT2D eigenvalue weighted by Crippen LogP contribution is -2.41. The topological polar surface area (TPSA) is 58.2 Å². The molecule has 0 aliphatic heterocycles. The van der Waals surface area contributed by atoms with Crippen LogP contribution in [0.15, 0.2) is 29.2 Å². The number of hydrogen-bond donors (Lipinski definition) is 2. The SMILES string of the molecule is Cc1ccc(S(=O)(=O)NC(=S)NC2[C@@H]3CCCC[C@@H]23)cc1. The number of sulfonamides is 1.